The smallest absolute Gasteiger partial charge is 0.390 e. The molecule has 2 aromatic rings. The Hall–Kier alpha value is -3.92. The van der Waals surface area contributed by atoms with E-state index in [4.69, 9.17) is 9.47 Å². The number of aliphatic imine (C=N–C) groups is 1. The van der Waals surface area contributed by atoms with Crippen molar-refractivity contribution in [1.82, 2.24) is 15.1 Å². The van der Waals surface area contributed by atoms with Gasteiger partial charge in [0.25, 0.3) is 5.91 Å². The van der Waals surface area contributed by atoms with Gasteiger partial charge in [0.2, 0.25) is 11.9 Å². The summed E-state index contributed by atoms with van der Waals surface area (Å²) in [7, 11) is 4.61. The van der Waals surface area contributed by atoms with Gasteiger partial charge in [-0.3, -0.25) is 19.9 Å². The number of ether oxygens (including phenoxy) is 2. The number of nitrogens with zero attached hydrogens (tertiary/aromatic N) is 4. The first kappa shape index (κ1) is 23.2. The van der Waals surface area contributed by atoms with Gasteiger partial charge in [-0.2, -0.15) is 0 Å². The summed E-state index contributed by atoms with van der Waals surface area (Å²) in [6, 6.07) is 15.5. The minimum Gasteiger partial charge on any atom is -0.497 e. The number of hydrogen-bond donors (Lipinski definition) is 2. The van der Waals surface area contributed by atoms with Crippen molar-refractivity contribution in [3.8, 4) is 11.5 Å². The van der Waals surface area contributed by atoms with Crippen LogP contribution in [0.3, 0.4) is 0 Å². The second-order valence-corrected chi connectivity index (χ2v) is 8.07. The first-order valence-corrected chi connectivity index (χ1v) is 10.9. The fraction of sp³-hybridized carbons (Fsp3) is 0.333. The van der Waals surface area contributed by atoms with Crippen molar-refractivity contribution in [2.75, 3.05) is 34.4 Å². The molecule has 1 fully saturated rings. The maximum Gasteiger partial charge on any atom is 0.390 e. The predicted molar refractivity (Wildman–Crippen MR) is 125 cm³/mol. The third-order valence-corrected chi connectivity index (χ3v) is 5.73. The Labute approximate surface area is 197 Å². The third kappa shape index (κ3) is 4.72. The quantitative estimate of drug-likeness (QED) is 0.560. The van der Waals surface area contributed by atoms with E-state index in [0.717, 1.165) is 10.5 Å². The molecule has 10 heteroatoms. The van der Waals surface area contributed by atoms with Crippen LogP contribution in [-0.4, -0.2) is 89.7 Å². The summed E-state index contributed by atoms with van der Waals surface area (Å²) in [5.74, 6) is 1.63. The number of guanidine groups is 1. The number of amides is 3. The lowest BCUT2D eigenvalue weighted by Crippen LogP contribution is -2.62. The highest BCUT2D eigenvalue weighted by atomic mass is 16.5. The topological polar surface area (TPSA) is 107 Å². The van der Waals surface area contributed by atoms with E-state index >= 15 is 0 Å². The van der Waals surface area contributed by atoms with Crippen molar-refractivity contribution < 1.29 is 28.7 Å². The second kappa shape index (κ2) is 9.92. The molecular formula is C24H28N5O5+. The van der Waals surface area contributed by atoms with Gasteiger partial charge in [-0.25, -0.2) is 9.37 Å². The molecule has 178 valence electrons. The zero-order chi connectivity index (χ0) is 24.2. The van der Waals surface area contributed by atoms with Crippen LogP contribution in [0.25, 0.3) is 0 Å². The average Bonchev–Trinajstić information content (AvgIpc) is 3.22. The van der Waals surface area contributed by atoms with E-state index in [2.05, 4.69) is 10.3 Å². The van der Waals surface area contributed by atoms with E-state index in [1.165, 1.54) is 11.9 Å². The standard InChI is InChI=1S/C24H27N5O5/c1-27-21-20(22(31)28(2)24(27)32)29(23(26-21)25-13-16-7-5-4-6-8-16)14-17(30)15-34-19-11-9-18(33-3)10-12-19/h4-12,17,20,30H,13-15H2,1-3H3/p+1. The lowest BCUT2D eigenvalue weighted by atomic mass is 10.1. The number of imide groups is 1. The van der Waals surface area contributed by atoms with Gasteiger partial charge in [-0.15, -0.1) is 0 Å². The number of benzene rings is 2. The van der Waals surface area contributed by atoms with Crippen molar-refractivity contribution in [2.24, 2.45) is 4.99 Å². The van der Waals surface area contributed by atoms with Crippen LogP contribution in [0.5, 0.6) is 11.5 Å². The van der Waals surface area contributed by atoms with Gasteiger partial charge in [0.05, 0.1) is 20.2 Å². The fourth-order valence-corrected chi connectivity index (χ4v) is 3.85. The molecule has 0 saturated carbocycles. The predicted octanol–water partition coefficient (Wildman–Crippen LogP) is 0.898. The molecule has 2 aliphatic rings. The summed E-state index contributed by atoms with van der Waals surface area (Å²) in [5, 5.41) is 14.0. The van der Waals surface area contributed by atoms with Crippen molar-refractivity contribution >= 4 is 23.7 Å². The summed E-state index contributed by atoms with van der Waals surface area (Å²) < 4.78 is 12.5. The number of nitrogens with one attached hydrogen (secondary N) is 1. The largest absolute Gasteiger partial charge is 0.497 e. The molecule has 2 aromatic carbocycles. The molecule has 2 unspecified atom stereocenters. The van der Waals surface area contributed by atoms with E-state index < -0.39 is 24.1 Å². The molecule has 0 radical (unpaired) electrons. The molecule has 1 saturated heterocycles. The van der Waals surface area contributed by atoms with Crippen LogP contribution >= 0.6 is 0 Å². The molecule has 34 heavy (non-hydrogen) atoms. The summed E-state index contributed by atoms with van der Waals surface area (Å²) >= 11 is 0. The molecule has 3 amide bonds. The van der Waals surface area contributed by atoms with Crippen molar-refractivity contribution in [2.45, 2.75) is 18.7 Å². The zero-order valence-electron chi connectivity index (χ0n) is 19.3. The SMILES string of the molecule is COc1ccc(OCC(O)C[N+]2=C(NCc3ccccc3)N=C3C2C(=O)N(C)C(=O)N3C)cc1. The first-order chi connectivity index (χ1) is 16.4. The number of hydrogen-bond acceptors (Lipinski definition) is 7. The Kier molecular flexibility index (Phi) is 6.78. The summed E-state index contributed by atoms with van der Waals surface area (Å²) in [6.45, 7) is 0.554. The number of fused-ring (bicyclic) bond motifs is 1. The molecule has 0 bridgehead atoms. The number of amidine groups is 1. The number of β-amino-alcohol motifs (C(OH)–C–C–N with tert-alkyl or cyclic N) is 1. The first-order valence-electron chi connectivity index (χ1n) is 10.9. The molecule has 0 aromatic heterocycles. The highest BCUT2D eigenvalue weighted by molar-refractivity contribution is 6.22. The summed E-state index contributed by atoms with van der Waals surface area (Å²) in [5.41, 5.74) is 1.03. The Morgan fingerprint density at radius 3 is 2.41 bits per heavy atom. The Balaban J connectivity index is 1.52. The van der Waals surface area contributed by atoms with Crippen LogP contribution in [0.4, 0.5) is 4.79 Å². The molecule has 10 nitrogen and oxygen atoms in total. The minimum atomic E-state index is -0.925. The molecule has 4 rings (SSSR count). The highest BCUT2D eigenvalue weighted by Gasteiger charge is 2.51. The average molecular weight is 467 g/mol. The fourth-order valence-electron chi connectivity index (χ4n) is 3.85. The van der Waals surface area contributed by atoms with Crippen LogP contribution in [0.1, 0.15) is 5.56 Å². The van der Waals surface area contributed by atoms with Gasteiger partial charge in [0.1, 0.15) is 24.2 Å². The van der Waals surface area contributed by atoms with Crippen LogP contribution in [0.2, 0.25) is 0 Å². The normalized spacial score (nSPS) is 18.6. The molecular weight excluding hydrogens is 438 g/mol. The molecule has 2 aliphatic heterocycles. The lowest BCUT2D eigenvalue weighted by molar-refractivity contribution is -0.545. The number of urea groups is 1. The minimum absolute atomic E-state index is 0.00957. The Morgan fingerprint density at radius 2 is 1.74 bits per heavy atom. The Morgan fingerprint density at radius 1 is 1.06 bits per heavy atom. The van der Waals surface area contributed by atoms with Gasteiger partial charge in [-0.05, 0) is 29.8 Å². The van der Waals surface area contributed by atoms with Crippen LogP contribution in [0, 0.1) is 0 Å². The molecule has 2 atom stereocenters. The van der Waals surface area contributed by atoms with Gasteiger partial charge in [0, 0.05) is 14.1 Å². The number of carbonyl (C=O) groups is 2. The van der Waals surface area contributed by atoms with E-state index in [1.54, 1.807) is 43.0 Å². The van der Waals surface area contributed by atoms with Crippen molar-refractivity contribution in [3.63, 3.8) is 0 Å². The molecule has 0 aliphatic carbocycles. The monoisotopic (exact) mass is 466 g/mol. The van der Waals surface area contributed by atoms with Crippen molar-refractivity contribution in [1.29, 1.82) is 0 Å². The molecule has 2 N–H and O–H groups in total. The molecule has 2 heterocycles. The van der Waals surface area contributed by atoms with Crippen LogP contribution < -0.4 is 14.8 Å². The third-order valence-electron chi connectivity index (χ3n) is 5.73. The zero-order valence-corrected chi connectivity index (χ0v) is 19.3. The number of carbonyl (C=O) groups excluding carboxylic acids is 2. The Bertz CT molecular complexity index is 1120. The number of aliphatic hydroxyl groups excluding tert-OH is 1. The second-order valence-electron chi connectivity index (χ2n) is 8.07. The number of likely N-dealkylation sites (N-methyl/N-ethyl adjacent to an activating group) is 2. The van der Waals surface area contributed by atoms with E-state index in [9.17, 15) is 14.7 Å². The number of methoxy groups -OCH3 is 1. The van der Waals surface area contributed by atoms with Gasteiger partial charge in [0.15, 0.2) is 0 Å². The van der Waals surface area contributed by atoms with Gasteiger partial charge < -0.3 is 14.6 Å². The maximum absolute atomic E-state index is 13.0. The molecule has 0 spiro atoms. The van der Waals surface area contributed by atoms with E-state index in [-0.39, 0.29) is 13.2 Å². The number of aliphatic hydroxyl groups is 1. The van der Waals surface area contributed by atoms with Crippen LogP contribution in [0.15, 0.2) is 59.6 Å². The highest BCUT2D eigenvalue weighted by Crippen LogP contribution is 2.20. The van der Waals surface area contributed by atoms with E-state index in [1.807, 2.05) is 30.3 Å². The van der Waals surface area contributed by atoms with Crippen LogP contribution in [-0.2, 0) is 11.3 Å². The van der Waals surface area contributed by atoms with Gasteiger partial charge in [-0.1, -0.05) is 35.3 Å². The summed E-state index contributed by atoms with van der Waals surface area (Å²) in [6.07, 6.45) is -0.925. The maximum atomic E-state index is 13.0. The van der Waals surface area contributed by atoms with Gasteiger partial charge >= 0.3 is 12.0 Å². The van der Waals surface area contributed by atoms with E-state index in [0.29, 0.717) is 29.8 Å². The number of rotatable bonds is 8. The summed E-state index contributed by atoms with van der Waals surface area (Å²) in [4.78, 5) is 32.4. The lowest BCUT2D eigenvalue weighted by Gasteiger charge is -2.32. The van der Waals surface area contributed by atoms with Crippen molar-refractivity contribution in [3.05, 3.63) is 60.2 Å².